The minimum Gasteiger partial charge on any atom is -0.492 e. The zero-order valence-electron chi connectivity index (χ0n) is 36.1. The number of oxime groups is 1. The first-order valence-electron chi connectivity index (χ1n) is 18.3. The van der Waals surface area contributed by atoms with Crippen molar-refractivity contribution in [2.24, 2.45) is 21.8 Å². The fourth-order valence-corrected chi connectivity index (χ4v) is 5.48. The van der Waals surface area contributed by atoms with Crippen LogP contribution in [-0.4, -0.2) is 75.8 Å². The number of nitriles is 1. The molecule has 345 valence electrons. The number of anilines is 2. The summed E-state index contributed by atoms with van der Waals surface area (Å²) in [6.07, 6.45) is 10.3. The zero-order chi connectivity index (χ0) is 45.6. The van der Waals surface area contributed by atoms with Crippen molar-refractivity contribution < 1.29 is 64.3 Å². The number of rotatable bonds is 8. The summed E-state index contributed by atoms with van der Waals surface area (Å²) in [6, 6.07) is 21.3. The smallest absolute Gasteiger partial charge is 0.255 e. The van der Waals surface area contributed by atoms with Gasteiger partial charge < -0.3 is 31.0 Å². The summed E-state index contributed by atoms with van der Waals surface area (Å²) < 4.78 is 43.5. The van der Waals surface area contributed by atoms with Crippen molar-refractivity contribution >= 4 is 59.8 Å². The van der Waals surface area contributed by atoms with E-state index < -0.39 is 22.1 Å². The predicted octanol–water partition coefficient (Wildman–Crippen LogP) is 6.18. The van der Waals surface area contributed by atoms with Crippen molar-refractivity contribution in [3.8, 4) is 11.8 Å². The molecule has 0 bridgehead atoms. The normalized spacial score (nSPS) is 12.3. The number of aromatic nitrogens is 3. The molecule has 0 fully saturated rings. The third kappa shape index (κ3) is 19.9. The van der Waals surface area contributed by atoms with Crippen LogP contribution in [0.1, 0.15) is 93.0 Å². The van der Waals surface area contributed by atoms with Gasteiger partial charge in [0.25, 0.3) is 5.91 Å². The summed E-state index contributed by atoms with van der Waals surface area (Å²) in [5.41, 5.74) is 13.2. The van der Waals surface area contributed by atoms with Crippen molar-refractivity contribution in [1.29, 1.82) is 7.93 Å². The number of aliphatic imine (C=N–C) groups is 1. The number of carbonyl (C=O) groups excluding carboxylic acids is 1. The van der Waals surface area contributed by atoms with Gasteiger partial charge in [-0.1, -0.05) is 60.3 Å². The van der Waals surface area contributed by atoms with E-state index in [1.165, 1.54) is 19.5 Å². The zero-order valence-corrected chi connectivity index (χ0v) is 39.9. The number of nitrogens with one attached hydrogen (secondary N) is 3. The number of aryl methyl sites for hydroxylation is 1. The van der Waals surface area contributed by atoms with Gasteiger partial charge in [0.05, 0.1) is 38.6 Å². The van der Waals surface area contributed by atoms with Crippen LogP contribution in [0.15, 0.2) is 114 Å². The van der Waals surface area contributed by atoms with E-state index in [9.17, 15) is 13.2 Å². The number of amidine groups is 1. The van der Waals surface area contributed by atoms with Gasteiger partial charge >= 0.3 is 0 Å². The molecule has 1 atom stereocenters. The number of benzene rings is 2. The molecule has 6 rings (SSSR count). The SMILES string of the molecule is C.C.C.COc1c(NC(=O)c2ccc(C)c(C3=NC(c4cccnc4)NO3)c2)cc(C(C)(C)C)cc1NS(C)(=O)=O.Cl.N#Cc1cccnc1.NC(=NO)c1cccnc1.NO.[3H][B][3H].[U]. The number of carbonyl (C=O) groups is 1. The fourth-order valence-electron chi connectivity index (χ4n) is 4.93. The predicted molar refractivity (Wildman–Crippen MR) is 255 cm³/mol. The van der Waals surface area contributed by atoms with Crippen LogP contribution in [0.4, 0.5) is 11.4 Å². The van der Waals surface area contributed by atoms with E-state index in [0.717, 1.165) is 22.9 Å². The second-order valence-corrected chi connectivity index (χ2v) is 14.9. The second kappa shape index (κ2) is 31.3. The quantitative estimate of drug-likeness (QED) is 0.0301. The number of nitrogens with two attached hydrogens (primary N) is 2. The van der Waals surface area contributed by atoms with Crippen LogP contribution >= 0.6 is 12.4 Å². The topological polar surface area (TPSA) is 285 Å². The Hall–Kier alpha value is -5.57. The Morgan fingerprint density at radius 3 is 2.03 bits per heavy atom. The molecular formula is C42H60BClN11O7SU. The Labute approximate surface area is 411 Å². The average molecular weight is 1150 g/mol. The van der Waals surface area contributed by atoms with Gasteiger partial charge in [-0.05, 0) is 80.7 Å². The molecule has 1 amide bonds. The molecule has 1 aliphatic heterocycles. The number of hydrogen-bond acceptors (Lipinski definition) is 15. The molecule has 22 heteroatoms. The van der Waals surface area contributed by atoms with Gasteiger partial charge in [0.15, 0.2) is 17.8 Å². The Morgan fingerprint density at radius 1 is 0.984 bits per heavy atom. The Kier molecular flexibility index (Phi) is 29.6. The number of ether oxygens (including phenoxy) is 1. The summed E-state index contributed by atoms with van der Waals surface area (Å²) in [6.45, 7) is 7.88. The monoisotopic (exact) mass is 1150 g/mol. The van der Waals surface area contributed by atoms with Gasteiger partial charge in [-0.25, -0.2) is 19.3 Å². The van der Waals surface area contributed by atoms with E-state index in [0.29, 0.717) is 42.2 Å². The number of sulfonamides is 1. The Bertz CT molecular complexity index is 2390. The molecule has 0 saturated heterocycles. The molecule has 2 aromatic carbocycles. The van der Waals surface area contributed by atoms with Crippen LogP contribution in [0.25, 0.3) is 0 Å². The third-order valence-electron chi connectivity index (χ3n) is 7.80. The summed E-state index contributed by atoms with van der Waals surface area (Å²) in [7, 11) is -1.68. The van der Waals surface area contributed by atoms with E-state index in [1.807, 2.05) is 52.0 Å². The molecule has 1 unspecified atom stereocenters. The largest absolute Gasteiger partial charge is 0.492 e. The summed E-state index contributed by atoms with van der Waals surface area (Å²) >= 11 is 0. The number of methoxy groups -OCH3 is 1. The van der Waals surface area contributed by atoms with Crippen molar-refractivity contribution in [3.05, 3.63) is 143 Å². The van der Waals surface area contributed by atoms with Crippen molar-refractivity contribution in [2.45, 2.75) is 61.6 Å². The molecule has 3 aromatic heterocycles. The number of amides is 1. The van der Waals surface area contributed by atoms with Crippen molar-refractivity contribution in [1.82, 2.24) is 20.4 Å². The van der Waals surface area contributed by atoms with Gasteiger partial charge in [0, 0.05) is 90.5 Å². The van der Waals surface area contributed by atoms with E-state index >= 15 is 0 Å². The summed E-state index contributed by atoms with van der Waals surface area (Å²) in [5.74, 6) is 3.73. The maximum Gasteiger partial charge on any atom is 0.255 e. The van der Waals surface area contributed by atoms with E-state index in [1.54, 1.807) is 73.3 Å². The maximum atomic E-state index is 13.4. The summed E-state index contributed by atoms with van der Waals surface area (Å²) in [4.78, 5) is 35.3. The standard InChI is InChI=1S/C27H31N5O5S.C6H7N3O.C6H4N2.3CH4.BH2.ClH.H3NO.U/c1-16-9-10-17(12-20(16)26-30-24(31-37-26)18-8-7-11-28-15-18)25(33)29-21-13-19(27(2,3)4)14-22(23(21)36-5)32-38(6,34)35;7-6(9-10)5-2-1-3-8-4-5;7-4-6-2-1-3-8-5-6;;;;;;1-2;/h7-15,24,31-32H,1-6H3,(H,29,33);1-4,10H,(H2,7,9);1-3,5H;3*1H4;1H2;1H;2H,1H2;/i;;;;;;1T2;;;. The van der Waals surface area contributed by atoms with Gasteiger partial charge in [-0.2, -0.15) is 5.26 Å². The van der Waals surface area contributed by atoms with Crippen LogP contribution in [-0.2, 0) is 20.3 Å². The Morgan fingerprint density at radius 2 is 1.56 bits per heavy atom. The van der Waals surface area contributed by atoms with Gasteiger partial charge in [0.2, 0.25) is 15.9 Å². The molecule has 18 nitrogen and oxygen atoms in total. The molecule has 0 aliphatic carbocycles. The van der Waals surface area contributed by atoms with E-state index in [2.05, 4.69) is 46.5 Å². The van der Waals surface area contributed by atoms with Crippen LogP contribution in [0.2, 0.25) is 0 Å². The van der Waals surface area contributed by atoms with Gasteiger partial charge in [0.1, 0.15) is 6.07 Å². The second-order valence-electron chi connectivity index (χ2n) is 13.1. The first-order valence-corrected chi connectivity index (χ1v) is 19.0. The van der Waals surface area contributed by atoms with Crippen LogP contribution in [0, 0.1) is 49.4 Å². The average Bonchev–Trinajstić information content (AvgIpc) is 3.75. The molecule has 64 heavy (non-hydrogen) atoms. The van der Waals surface area contributed by atoms with Crippen molar-refractivity contribution in [3.63, 3.8) is 0 Å². The Balaban J connectivity index is -0.000000567. The van der Waals surface area contributed by atoms with Gasteiger partial charge in [-0.15, -0.1) is 17.9 Å². The molecule has 9 N–H and O–H groups in total. The number of hydroxylamine groups is 1. The molecular weight excluding hydrogens is 1090 g/mol. The van der Waals surface area contributed by atoms with E-state index in [4.69, 9.17) is 33.7 Å². The van der Waals surface area contributed by atoms with Crippen LogP contribution < -0.4 is 31.9 Å². The van der Waals surface area contributed by atoms with Crippen LogP contribution in [0.5, 0.6) is 5.75 Å². The third-order valence-corrected chi connectivity index (χ3v) is 8.39. The number of halogens is 1. The summed E-state index contributed by atoms with van der Waals surface area (Å²) in [5, 5.41) is 28.7. The first-order chi connectivity index (χ1) is 29.0. The minimum atomic E-state index is -3.59. The molecule has 5 aromatic rings. The molecule has 1 aliphatic rings. The number of pyridine rings is 3. The number of nitrogens with zero attached hydrogens (tertiary/aromatic N) is 6. The molecule has 0 spiro atoms. The molecule has 4 heterocycles. The molecule has 1 radical (unpaired) electrons. The maximum absolute atomic E-state index is 13.4. The van der Waals surface area contributed by atoms with Crippen molar-refractivity contribution in [2.75, 3.05) is 23.4 Å². The first kappa shape index (κ1) is 60.5. The minimum absolute atomic E-state index is 0. The van der Waals surface area contributed by atoms with Crippen LogP contribution in [0.3, 0.4) is 0 Å². The number of hydrogen-bond donors (Lipinski definition) is 7. The molecule has 0 saturated carbocycles. The van der Waals surface area contributed by atoms with Gasteiger partial charge in [-0.3, -0.25) is 24.5 Å². The van der Waals surface area contributed by atoms with E-state index in [-0.39, 0.29) is 88.5 Å². The fraction of sp³-hybridized carbons (Fsp3) is 0.262.